The normalized spacial score (nSPS) is 20.2. The largest absolute Gasteiger partial charge is 0.433 e. The summed E-state index contributed by atoms with van der Waals surface area (Å²) in [6.07, 6.45) is 0.617. The van der Waals surface area contributed by atoms with Crippen LogP contribution < -0.4 is 5.73 Å². The Morgan fingerprint density at radius 3 is 2.24 bits per heavy atom. The lowest BCUT2D eigenvalue weighted by molar-refractivity contribution is -0.141. The monoisotopic (exact) mass is 541 g/mol. The fraction of sp³-hybridized carbons (Fsp3) is 0.667. The number of rotatable bonds is 6. The van der Waals surface area contributed by atoms with Gasteiger partial charge in [-0.3, -0.25) is 9.79 Å². The zero-order chi connectivity index (χ0) is 27.4. The number of nitrogens with zero attached hydrogens (tertiary/aromatic N) is 4. The highest BCUT2D eigenvalue weighted by Gasteiger charge is 2.39. The van der Waals surface area contributed by atoms with Gasteiger partial charge >= 0.3 is 6.18 Å². The Kier molecular flexibility index (Phi) is 9.32. The number of likely N-dealkylation sites (tertiary alicyclic amines) is 2. The highest BCUT2D eigenvalue weighted by atomic mass is 35.5. The fourth-order valence-electron chi connectivity index (χ4n) is 5.05. The molecule has 0 radical (unpaired) electrons. The molecular weight excluding hydrogens is 503 g/mol. The molecule has 2 fully saturated rings. The predicted molar refractivity (Wildman–Crippen MR) is 142 cm³/mol. The number of aliphatic imine (C=N–C) groups is 1. The predicted octanol–water partition coefficient (Wildman–Crippen LogP) is 5.57. The van der Waals surface area contributed by atoms with Crippen molar-refractivity contribution in [1.29, 1.82) is 0 Å². The first-order chi connectivity index (χ1) is 17.2. The number of alkyl halides is 3. The molecule has 37 heavy (non-hydrogen) atoms. The standard InChI is InChI=1S/C27H39ClF3N5O/c1-25(2,3)8-13-35-14-9-26(10-15-35)11-16-36(17-12-26)22(37)18-19(24(28)33-4)23(32)20-6-5-7-21(34-20)27(29,30)31/h5-7H,8-18,32H2,1-4H3/b23-19-,33-24?. The van der Waals surface area contributed by atoms with Crippen LogP contribution in [0.25, 0.3) is 5.70 Å². The summed E-state index contributed by atoms with van der Waals surface area (Å²) in [5, 5.41) is -0.0128. The van der Waals surface area contributed by atoms with E-state index in [-0.39, 0.29) is 39.9 Å². The van der Waals surface area contributed by atoms with Crippen molar-refractivity contribution in [2.24, 2.45) is 21.6 Å². The Morgan fingerprint density at radius 2 is 1.70 bits per heavy atom. The molecule has 3 heterocycles. The maximum absolute atomic E-state index is 13.2. The zero-order valence-electron chi connectivity index (χ0n) is 22.3. The van der Waals surface area contributed by atoms with Crippen molar-refractivity contribution < 1.29 is 18.0 Å². The molecule has 2 N–H and O–H groups in total. The highest BCUT2D eigenvalue weighted by Crippen LogP contribution is 2.41. The van der Waals surface area contributed by atoms with Crippen LogP contribution in [0.15, 0.2) is 28.8 Å². The van der Waals surface area contributed by atoms with Gasteiger partial charge in [0, 0.05) is 25.7 Å². The Balaban J connectivity index is 1.64. The van der Waals surface area contributed by atoms with Crippen LogP contribution in [0.1, 0.15) is 70.7 Å². The van der Waals surface area contributed by atoms with Crippen molar-refractivity contribution in [3.63, 3.8) is 0 Å². The number of pyridine rings is 1. The van der Waals surface area contributed by atoms with E-state index in [1.807, 2.05) is 4.90 Å². The van der Waals surface area contributed by atoms with Gasteiger partial charge in [0.1, 0.15) is 10.9 Å². The van der Waals surface area contributed by atoms with E-state index in [4.69, 9.17) is 17.3 Å². The molecule has 10 heteroatoms. The SMILES string of the molecule is CN=C(Cl)/C(CC(=O)N1CCC2(CCN(CCC(C)(C)C)CC2)CC1)=C(\N)c1cccc(C(F)(F)F)n1. The molecule has 2 saturated heterocycles. The first-order valence-corrected chi connectivity index (χ1v) is 13.3. The minimum absolute atomic E-state index is 0.0128. The molecule has 6 nitrogen and oxygen atoms in total. The summed E-state index contributed by atoms with van der Waals surface area (Å²) in [5.41, 5.74) is 5.76. The molecule has 0 aromatic carbocycles. The zero-order valence-corrected chi connectivity index (χ0v) is 23.1. The van der Waals surface area contributed by atoms with Crippen LogP contribution in [0.3, 0.4) is 0 Å². The average Bonchev–Trinajstić information content (AvgIpc) is 2.85. The molecule has 0 aliphatic carbocycles. The molecule has 1 aromatic rings. The number of carbonyl (C=O) groups is 1. The molecule has 0 unspecified atom stereocenters. The number of nitrogens with two attached hydrogens (primary N) is 1. The van der Waals surface area contributed by atoms with E-state index in [2.05, 4.69) is 35.6 Å². The van der Waals surface area contributed by atoms with Crippen LogP contribution in [-0.2, 0) is 11.0 Å². The quantitative estimate of drug-likeness (QED) is 0.478. The maximum Gasteiger partial charge on any atom is 0.433 e. The van der Waals surface area contributed by atoms with Crippen molar-refractivity contribution in [3.8, 4) is 0 Å². The number of halogens is 4. The van der Waals surface area contributed by atoms with E-state index < -0.39 is 11.9 Å². The average molecular weight is 542 g/mol. The molecule has 3 rings (SSSR count). The molecule has 0 bridgehead atoms. The number of piperidine rings is 2. The van der Waals surface area contributed by atoms with Crippen molar-refractivity contribution in [1.82, 2.24) is 14.8 Å². The number of hydrogen-bond acceptors (Lipinski definition) is 5. The lowest BCUT2D eigenvalue weighted by Gasteiger charge is -2.47. The summed E-state index contributed by atoms with van der Waals surface area (Å²) in [6, 6.07) is 3.47. The van der Waals surface area contributed by atoms with Crippen molar-refractivity contribution in [2.45, 2.75) is 65.5 Å². The summed E-state index contributed by atoms with van der Waals surface area (Å²) < 4.78 is 39.4. The van der Waals surface area contributed by atoms with E-state index >= 15 is 0 Å². The lowest BCUT2D eigenvalue weighted by Crippen LogP contribution is -2.48. The number of amides is 1. The van der Waals surface area contributed by atoms with Gasteiger partial charge in [0.05, 0.1) is 17.8 Å². The summed E-state index contributed by atoms with van der Waals surface area (Å²) in [7, 11) is 1.44. The molecule has 2 aliphatic heterocycles. The lowest BCUT2D eigenvalue weighted by atomic mass is 9.71. The molecule has 1 amide bonds. The van der Waals surface area contributed by atoms with Gasteiger partial charge in [-0.15, -0.1) is 0 Å². The van der Waals surface area contributed by atoms with Gasteiger partial charge in [-0.25, -0.2) is 4.98 Å². The molecule has 2 aliphatic rings. The van der Waals surface area contributed by atoms with Crippen LogP contribution >= 0.6 is 11.6 Å². The summed E-state index contributed by atoms with van der Waals surface area (Å²) in [6.45, 7) is 11.4. The van der Waals surface area contributed by atoms with Gasteiger partial charge in [0.25, 0.3) is 0 Å². The van der Waals surface area contributed by atoms with E-state index in [1.54, 1.807) is 0 Å². The topological polar surface area (TPSA) is 74.8 Å². The van der Waals surface area contributed by atoms with Crippen molar-refractivity contribution in [3.05, 3.63) is 35.2 Å². The Labute approximate surface area is 223 Å². The summed E-state index contributed by atoms with van der Waals surface area (Å²) >= 11 is 6.26. The van der Waals surface area contributed by atoms with Gasteiger partial charge in [0.15, 0.2) is 0 Å². The van der Waals surface area contributed by atoms with Gasteiger partial charge in [-0.2, -0.15) is 13.2 Å². The third kappa shape index (κ3) is 7.93. The smallest absolute Gasteiger partial charge is 0.397 e. The van der Waals surface area contributed by atoms with E-state index in [0.29, 0.717) is 18.5 Å². The van der Waals surface area contributed by atoms with Gasteiger partial charge in [-0.05, 0) is 74.7 Å². The molecule has 0 atom stereocenters. The second-order valence-corrected chi connectivity index (χ2v) is 11.9. The second kappa shape index (κ2) is 11.7. The van der Waals surface area contributed by atoms with Crippen molar-refractivity contribution >= 4 is 28.4 Å². The third-order valence-electron chi connectivity index (χ3n) is 7.69. The van der Waals surface area contributed by atoms with Gasteiger partial charge in [-0.1, -0.05) is 38.4 Å². The van der Waals surface area contributed by atoms with Crippen LogP contribution in [0.4, 0.5) is 13.2 Å². The van der Waals surface area contributed by atoms with Crippen LogP contribution in [0.5, 0.6) is 0 Å². The van der Waals surface area contributed by atoms with E-state index in [9.17, 15) is 18.0 Å². The Morgan fingerprint density at radius 1 is 1.11 bits per heavy atom. The first kappa shape index (κ1) is 29.4. The van der Waals surface area contributed by atoms with Crippen LogP contribution in [-0.4, -0.2) is 65.6 Å². The Bertz CT molecular complexity index is 1010. The maximum atomic E-state index is 13.2. The van der Waals surface area contributed by atoms with E-state index in [1.165, 1.54) is 25.6 Å². The van der Waals surface area contributed by atoms with Crippen molar-refractivity contribution in [2.75, 3.05) is 39.8 Å². The van der Waals surface area contributed by atoms with Gasteiger partial charge in [0.2, 0.25) is 5.91 Å². The summed E-state index contributed by atoms with van der Waals surface area (Å²) in [4.78, 5) is 25.1. The molecule has 206 valence electrons. The van der Waals surface area contributed by atoms with E-state index in [0.717, 1.165) is 51.4 Å². The number of aromatic nitrogens is 1. The minimum atomic E-state index is -4.61. The summed E-state index contributed by atoms with van der Waals surface area (Å²) in [5.74, 6) is -0.163. The number of hydrogen-bond donors (Lipinski definition) is 1. The minimum Gasteiger partial charge on any atom is -0.397 e. The highest BCUT2D eigenvalue weighted by molar-refractivity contribution is 6.70. The fourth-order valence-corrected chi connectivity index (χ4v) is 5.22. The first-order valence-electron chi connectivity index (χ1n) is 12.9. The molecule has 1 spiro atoms. The number of carbonyl (C=O) groups excluding carboxylic acids is 1. The van der Waals surface area contributed by atoms with Gasteiger partial charge < -0.3 is 15.5 Å². The second-order valence-electron chi connectivity index (χ2n) is 11.5. The molecular formula is C27H39ClF3N5O. The third-order valence-corrected chi connectivity index (χ3v) is 8.08. The van der Waals surface area contributed by atoms with Crippen LogP contribution in [0.2, 0.25) is 0 Å². The van der Waals surface area contributed by atoms with Crippen LogP contribution in [0, 0.1) is 10.8 Å². The molecule has 0 saturated carbocycles. The Hall–Kier alpha value is -2.13. The molecule has 1 aromatic heterocycles.